The van der Waals surface area contributed by atoms with E-state index in [1.807, 2.05) is 55.5 Å². The Kier molecular flexibility index (Phi) is 5.52. The molecule has 2 aromatic carbocycles. The van der Waals surface area contributed by atoms with E-state index in [0.29, 0.717) is 6.42 Å². The van der Waals surface area contributed by atoms with Crippen molar-refractivity contribution in [1.29, 1.82) is 0 Å². The van der Waals surface area contributed by atoms with Crippen molar-refractivity contribution in [2.24, 2.45) is 5.73 Å². The second kappa shape index (κ2) is 7.60. The zero-order chi connectivity index (χ0) is 15.1. The fourth-order valence-electron chi connectivity index (χ4n) is 2.24. The van der Waals surface area contributed by atoms with Gasteiger partial charge in [0, 0.05) is 0 Å². The first-order chi connectivity index (χ1) is 10.2. The first-order valence-electron chi connectivity index (χ1n) is 7.31. The number of benzene rings is 2. The van der Waals surface area contributed by atoms with Crippen LogP contribution in [0.2, 0.25) is 0 Å². The van der Waals surface area contributed by atoms with Crippen LogP contribution in [0, 0.1) is 0 Å². The molecule has 0 saturated heterocycles. The zero-order valence-corrected chi connectivity index (χ0v) is 12.3. The van der Waals surface area contributed by atoms with Gasteiger partial charge < -0.3 is 11.1 Å². The second-order valence-electron chi connectivity index (χ2n) is 5.27. The van der Waals surface area contributed by atoms with Crippen LogP contribution in [-0.2, 0) is 11.2 Å². The van der Waals surface area contributed by atoms with Crippen molar-refractivity contribution in [1.82, 2.24) is 5.32 Å². The van der Waals surface area contributed by atoms with Gasteiger partial charge in [0.25, 0.3) is 0 Å². The number of nitrogens with two attached hydrogens (primary N) is 1. The van der Waals surface area contributed by atoms with Gasteiger partial charge in [-0.05, 0) is 30.9 Å². The molecular formula is C18H22N2O. The molecule has 0 radical (unpaired) electrons. The Morgan fingerprint density at radius 3 is 2.24 bits per heavy atom. The van der Waals surface area contributed by atoms with E-state index in [2.05, 4.69) is 17.4 Å². The van der Waals surface area contributed by atoms with Crippen LogP contribution in [0.3, 0.4) is 0 Å². The molecule has 0 aromatic heterocycles. The minimum atomic E-state index is -0.476. The third-order valence-electron chi connectivity index (χ3n) is 3.58. The van der Waals surface area contributed by atoms with E-state index in [4.69, 9.17) is 5.73 Å². The Hall–Kier alpha value is -2.13. The van der Waals surface area contributed by atoms with Gasteiger partial charge in [-0.15, -0.1) is 0 Å². The molecule has 0 bridgehead atoms. The predicted octanol–water partition coefficient (Wildman–Crippen LogP) is 2.82. The lowest BCUT2D eigenvalue weighted by Crippen LogP contribution is -2.41. The normalized spacial score (nSPS) is 13.4. The first-order valence-corrected chi connectivity index (χ1v) is 7.31. The monoisotopic (exact) mass is 282 g/mol. The summed E-state index contributed by atoms with van der Waals surface area (Å²) in [5, 5.41) is 2.97. The Labute approximate surface area is 126 Å². The van der Waals surface area contributed by atoms with E-state index in [1.54, 1.807) is 0 Å². The van der Waals surface area contributed by atoms with Crippen molar-refractivity contribution >= 4 is 5.91 Å². The molecule has 0 aliphatic heterocycles. The fraction of sp³-hybridized carbons (Fsp3) is 0.278. The number of aryl methyl sites for hydroxylation is 1. The smallest absolute Gasteiger partial charge is 0.237 e. The Balaban J connectivity index is 1.82. The number of rotatable bonds is 6. The first kappa shape index (κ1) is 15.3. The minimum Gasteiger partial charge on any atom is -0.348 e. The molecule has 3 N–H and O–H groups in total. The van der Waals surface area contributed by atoms with Crippen LogP contribution in [0.15, 0.2) is 60.7 Å². The quantitative estimate of drug-likeness (QED) is 0.856. The summed E-state index contributed by atoms with van der Waals surface area (Å²) >= 11 is 0. The van der Waals surface area contributed by atoms with Crippen molar-refractivity contribution in [3.05, 3.63) is 71.8 Å². The van der Waals surface area contributed by atoms with Gasteiger partial charge in [-0.2, -0.15) is 0 Å². The van der Waals surface area contributed by atoms with E-state index < -0.39 is 6.04 Å². The SMILES string of the molecule is CC(NC(=O)[C@@H](N)CCc1ccccc1)c1ccccc1. The summed E-state index contributed by atoms with van der Waals surface area (Å²) in [6.07, 6.45) is 1.46. The van der Waals surface area contributed by atoms with Crippen LogP contribution in [0.4, 0.5) is 0 Å². The third kappa shape index (κ3) is 4.72. The molecule has 0 spiro atoms. The topological polar surface area (TPSA) is 55.1 Å². The summed E-state index contributed by atoms with van der Waals surface area (Å²) in [7, 11) is 0. The van der Waals surface area contributed by atoms with Gasteiger partial charge in [-0.3, -0.25) is 4.79 Å². The summed E-state index contributed by atoms with van der Waals surface area (Å²) in [4.78, 5) is 12.1. The zero-order valence-electron chi connectivity index (χ0n) is 12.3. The van der Waals surface area contributed by atoms with Crippen molar-refractivity contribution in [2.75, 3.05) is 0 Å². The summed E-state index contributed by atoms with van der Waals surface area (Å²) < 4.78 is 0. The van der Waals surface area contributed by atoms with Gasteiger partial charge >= 0.3 is 0 Å². The van der Waals surface area contributed by atoms with Gasteiger partial charge in [0.1, 0.15) is 0 Å². The number of carbonyl (C=O) groups excluding carboxylic acids is 1. The average molecular weight is 282 g/mol. The fourth-order valence-corrected chi connectivity index (χ4v) is 2.24. The van der Waals surface area contributed by atoms with Crippen molar-refractivity contribution in [3.8, 4) is 0 Å². The molecule has 0 aliphatic carbocycles. The Morgan fingerprint density at radius 2 is 1.62 bits per heavy atom. The molecule has 2 atom stereocenters. The summed E-state index contributed by atoms with van der Waals surface area (Å²) in [6, 6.07) is 19.5. The molecule has 0 fully saturated rings. The molecule has 3 heteroatoms. The maximum atomic E-state index is 12.1. The lowest BCUT2D eigenvalue weighted by Gasteiger charge is -2.18. The van der Waals surface area contributed by atoms with Crippen LogP contribution in [0.25, 0.3) is 0 Å². The standard InChI is InChI=1S/C18H22N2O/c1-14(16-10-6-3-7-11-16)20-18(21)17(19)13-12-15-8-4-2-5-9-15/h2-11,14,17H,12-13,19H2,1H3,(H,20,21)/t14?,17-/m0/s1. The molecule has 0 aliphatic rings. The van der Waals surface area contributed by atoms with Gasteiger partial charge in [0.15, 0.2) is 0 Å². The van der Waals surface area contributed by atoms with Gasteiger partial charge in [0.2, 0.25) is 5.91 Å². The molecule has 2 rings (SSSR count). The maximum absolute atomic E-state index is 12.1. The van der Waals surface area contributed by atoms with Crippen LogP contribution >= 0.6 is 0 Å². The number of nitrogens with one attached hydrogen (secondary N) is 1. The Bertz CT molecular complexity index is 554. The third-order valence-corrected chi connectivity index (χ3v) is 3.58. The van der Waals surface area contributed by atoms with Crippen molar-refractivity contribution in [3.63, 3.8) is 0 Å². The summed E-state index contributed by atoms with van der Waals surface area (Å²) in [5.74, 6) is -0.0951. The van der Waals surface area contributed by atoms with Crippen molar-refractivity contribution in [2.45, 2.75) is 31.8 Å². The molecule has 1 amide bonds. The van der Waals surface area contributed by atoms with Crippen LogP contribution in [0.1, 0.15) is 30.5 Å². The lowest BCUT2D eigenvalue weighted by atomic mass is 10.0. The molecule has 2 aromatic rings. The minimum absolute atomic E-state index is 0.0264. The highest BCUT2D eigenvalue weighted by atomic mass is 16.2. The van der Waals surface area contributed by atoms with Crippen molar-refractivity contribution < 1.29 is 4.79 Å². The number of amides is 1. The molecule has 3 nitrogen and oxygen atoms in total. The average Bonchev–Trinajstić information content (AvgIpc) is 2.54. The van der Waals surface area contributed by atoms with Gasteiger partial charge in [-0.1, -0.05) is 60.7 Å². The van der Waals surface area contributed by atoms with E-state index in [1.165, 1.54) is 5.56 Å². The largest absolute Gasteiger partial charge is 0.348 e. The molecule has 0 heterocycles. The molecule has 1 unspecified atom stereocenters. The maximum Gasteiger partial charge on any atom is 0.237 e. The molecule has 0 saturated carbocycles. The molecular weight excluding hydrogens is 260 g/mol. The molecule has 21 heavy (non-hydrogen) atoms. The number of carbonyl (C=O) groups is 1. The summed E-state index contributed by atoms with van der Waals surface area (Å²) in [6.45, 7) is 1.97. The van der Waals surface area contributed by atoms with Crippen LogP contribution in [0.5, 0.6) is 0 Å². The highest BCUT2D eigenvalue weighted by Crippen LogP contribution is 2.11. The highest BCUT2D eigenvalue weighted by molar-refractivity contribution is 5.81. The lowest BCUT2D eigenvalue weighted by molar-refractivity contribution is -0.123. The van der Waals surface area contributed by atoms with E-state index in [9.17, 15) is 4.79 Å². The highest BCUT2D eigenvalue weighted by Gasteiger charge is 2.16. The molecule has 110 valence electrons. The second-order valence-corrected chi connectivity index (χ2v) is 5.27. The van der Waals surface area contributed by atoms with Gasteiger partial charge in [0.05, 0.1) is 12.1 Å². The summed E-state index contributed by atoms with van der Waals surface area (Å²) in [5.41, 5.74) is 8.27. The van der Waals surface area contributed by atoms with E-state index in [0.717, 1.165) is 12.0 Å². The Morgan fingerprint density at radius 1 is 1.05 bits per heavy atom. The van der Waals surface area contributed by atoms with Crippen LogP contribution in [-0.4, -0.2) is 11.9 Å². The number of hydrogen-bond donors (Lipinski definition) is 2. The van der Waals surface area contributed by atoms with E-state index >= 15 is 0 Å². The van der Waals surface area contributed by atoms with Crippen LogP contribution < -0.4 is 11.1 Å². The van der Waals surface area contributed by atoms with Gasteiger partial charge in [-0.25, -0.2) is 0 Å². The van der Waals surface area contributed by atoms with E-state index in [-0.39, 0.29) is 11.9 Å². The predicted molar refractivity (Wildman–Crippen MR) is 85.7 cm³/mol. The number of hydrogen-bond acceptors (Lipinski definition) is 2.